The van der Waals surface area contributed by atoms with Crippen LogP contribution < -0.4 is 5.32 Å². The zero-order valence-corrected chi connectivity index (χ0v) is 36.0. The summed E-state index contributed by atoms with van der Waals surface area (Å²) in [7, 11) is 0. The molecule has 0 aromatic heterocycles. The quantitative estimate of drug-likeness (QED) is 0.0274. The van der Waals surface area contributed by atoms with Crippen LogP contribution >= 0.6 is 0 Å². The van der Waals surface area contributed by atoms with Crippen molar-refractivity contribution in [3.05, 3.63) is 97.2 Å². The Balaban J connectivity index is 2.30. The van der Waals surface area contributed by atoms with Gasteiger partial charge in [0.25, 0.3) is 0 Å². The van der Waals surface area contributed by atoms with Gasteiger partial charge in [-0.1, -0.05) is 162 Å². The largest absolute Gasteiger partial charge is 0.394 e. The Labute approximate surface area is 352 Å². The molecule has 1 rings (SSSR count). The van der Waals surface area contributed by atoms with Gasteiger partial charge in [-0.05, 0) is 77.0 Å². The minimum atomic E-state index is -1.57. The Kier molecular flexibility index (Phi) is 35.1. The van der Waals surface area contributed by atoms with Gasteiger partial charge in [0.15, 0.2) is 6.29 Å². The molecular formula is C49H81NO8. The molecule has 0 aromatic rings. The van der Waals surface area contributed by atoms with Crippen molar-refractivity contribution in [3.8, 4) is 0 Å². The van der Waals surface area contributed by atoms with Crippen molar-refractivity contribution in [1.29, 1.82) is 0 Å². The van der Waals surface area contributed by atoms with E-state index in [-0.39, 0.29) is 12.5 Å². The number of hydrogen-bond acceptors (Lipinski definition) is 8. The summed E-state index contributed by atoms with van der Waals surface area (Å²) in [6.07, 6.45) is 47.2. The molecule has 7 unspecified atom stereocenters. The van der Waals surface area contributed by atoms with Crippen molar-refractivity contribution < 1.29 is 39.8 Å². The van der Waals surface area contributed by atoms with Crippen LogP contribution in [0.1, 0.15) is 149 Å². The molecule has 58 heavy (non-hydrogen) atoms. The van der Waals surface area contributed by atoms with Crippen LogP contribution in [0.15, 0.2) is 97.2 Å². The van der Waals surface area contributed by atoms with Gasteiger partial charge in [0.2, 0.25) is 5.91 Å². The van der Waals surface area contributed by atoms with E-state index in [1.807, 2.05) is 0 Å². The Morgan fingerprint density at radius 3 is 1.55 bits per heavy atom. The summed E-state index contributed by atoms with van der Waals surface area (Å²) in [4.78, 5) is 12.9. The zero-order chi connectivity index (χ0) is 42.3. The number of aliphatic hydroxyl groups excluding tert-OH is 5. The number of ether oxygens (including phenoxy) is 2. The third-order valence-corrected chi connectivity index (χ3v) is 9.95. The molecule has 0 aromatic carbocycles. The first-order valence-electron chi connectivity index (χ1n) is 22.4. The zero-order valence-electron chi connectivity index (χ0n) is 36.0. The highest BCUT2D eigenvalue weighted by molar-refractivity contribution is 5.76. The topological polar surface area (TPSA) is 149 Å². The van der Waals surface area contributed by atoms with E-state index in [0.29, 0.717) is 19.3 Å². The molecule has 1 aliphatic rings. The number of rotatable bonds is 35. The molecule has 0 bridgehead atoms. The molecule has 0 aliphatic carbocycles. The van der Waals surface area contributed by atoms with Crippen molar-refractivity contribution in [2.45, 2.75) is 192 Å². The summed E-state index contributed by atoms with van der Waals surface area (Å²) < 4.78 is 11.2. The van der Waals surface area contributed by atoms with Crippen molar-refractivity contribution >= 4 is 5.91 Å². The van der Waals surface area contributed by atoms with E-state index in [0.717, 1.165) is 83.5 Å². The van der Waals surface area contributed by atoms with Crippen molar-refractivity contribution in [3.63, 3.8) is 0 Å². The molecule has 9 nitrogen and oxygen atoms in total. The summed E-state index contributed by atoms with van der Waals surface area (Å²) in [5, 5.41) is 54.0. The van der Waals surface area contributed by atoms with Crippen molar-refractivity contribution in [2.75, 3.05) is 13.2 Å². The molecule has 7 atom stereocenters. The van der Waals surface area contributed by atoms with Crippen LogP contribution in [0.5, 0.6) is 0 Å². The number of aliphatic hydroxyl groups is 5. The lowest BCUT2D eigenvalue weighted by atomic mass is 9.99. The lowest BCUT2D eigenvalue weighted by Crippen LogP contribution is -2.60. The maximum Gasteiger partial charge on any atom is 0.220 e. The van der Waals surface area contributed by atoms with Gasteiger partial charge in [0, 0.05) is 6.42 Å². The second-order valence-corrected chi connectivity index (χ2v) is 15.1. The summed E-state index contributed by atoms with van der Waals surface area (Å²) in [5.41, 5.74) is 0. The lowest BCUT2D eigenvalue weighted by molar-refractivity contribution is -0.302. The smallest absolute Gasteiger partial charge is 0.220 e. The molecule has 1 heterocycles. The van der Waals surface area contributed by atoms with Crippen LogP contribution in [0.3, 0.4) is 0 Å². The van der Waals surface area contributed by atoms with Crippen molar-refractivity contribution in [1.82, 2.24) is 5.32 Å². The molecule has 0 saturated carbocycles. The fourth-order valence-corrected chi connectivity index (χ4v) is 6.35. The summed E-state index contributed by atoms with van der Waals surface area (Å²) in [5.74, 6) is -0.196. The first-order chi connectivity index (χ1) is 28.3. The van der Waals surface area contributed by atoms with Gasteiger partial charge in [0.1, 0.15) is 24.4 Å². The van der Waals surface area contributed by atoms with Crippen LogP contribution in [0.25, 0.3) is 0 Å². The number of carbonyl (C=O) groups is 1. The fraction of sp³-hybridized carbons (Fsp3) is 0.653. The van der Waals surface area contributed by atoms with Gasteiger partial charge in [-0.15, -0.1) is 0 Å². The number of amides is 1. The SMILES string of the molecule is CC/C=C\C/C=C\C/C=C\C/C=C\C/C=C\C/C=C\C/C=C\C/C=C\CCCCC(=O)NC(COC1OC(CO)C(O)C(O)C1O)C(O)CCCCCCCCCC. The average molecular weight is 812 g/mol. The molecule has 1 saturated heterocycles. The first kappa shape index (κ1) is 53.1. The molecule has 1 fully saturated rings. The fourth-order valence-electron chi connectivity index (χ4n) is 6.35. The van der Waals surface area contributed by atoms with E-state index in [4.69, 9.17) is 9.47 Å². The Morgan fingerprint density at radius 1 is 0.603 bits per heavy atom. The minimum absolute atomic E-state index is 0.164. The molecule has 1 aliphatic heterocycles. The van der Waals surface area contributed by atoms with E-state index in [1.54, 1.807) is 0 Å². The number of carbonyl (C=O) groups excluding carboxylic acids is 1. The molecule has 0 spiro atoms. The number of hydrogen-bond donors (Lipinski definition) is 6. The molecule has 6 N–H and O–H groups in total. The maximum absolute atomic E-state index is 12.9. The van der Waals surface area contributed by atoms with Crippen LogP contribution in [-0.2, 0) is 14.3 Å². The van der Waals surface area contributed by atoms with Crippen molar-refractivity contribution in [2.24, 2.45) is 0 Å². The number of unbranched alkanes of at least 4 members (excludes halogenated alkanes) is 9. The van der Waals surface area contributed by atoms with E-state index in [1.165, 1.54) is 32.1 Å². The molecule has 330 valence electrons. The predicted octanol–water partition coefficient (Wildman–Crippen LogP) is 9.33. The monoisotopic (exact) mass is 812 g/mol. The van der Waals surface area contributed by atoms with E-state index in [2.05, 4.69) is 116 Å². The standard InChI is InChI=1S/C49H81NO8/c1-3-5-7-9-11-13-14-15-16-17-18-19-20-21-22-23-24-25-26-27-28-29-30-31-33-35-37-39-45(53)50-42(43(52)38-36-34-32-12-10-8-6-4-2)41-57-49-48(56)47(55)46(54)44(40-51)58-49/h5,7,11,13,15-16,18-19,21-22,24-25,27-28,30-31,42-44,46-49,51-52,54-56H,3-4,6,8-10,12,14,17,20,23,26,29,32-41H2,1-2H3,(H,50,53)/b7-5-,13-11-,16-15-,19-18-,22-21-,25-24-,28-27-,31-30-. The van der Waals surface area contributed by atoms with Crippen LogP contribution in [0, 0.1) is 0 Å². The van der Waals surface area contributed by atoms with Gasteiger partial charge >= 0.3 is 0 Å². The lowest BCUT2D eigenvalue weighted by Gasteiger charge is -2.40. The van der Waals surface area contributed by atoms with E-state index < -0.39 is 49.5 Å². The minimum Gasteiger partial charge on any atom is -0.394 e. The molecule has 0 radical (unpaired) electrons. The summed E-state index contributed by atoms with van der Waals surface area (Å²) in [6, 6.07) is -0.746. The average Bonchev–Trinajstić information content (AvgIpc) is 3.22. The summed E-state index contributed by atoms with van der Waals surface area (Å²) in [6.45, 7) is 3.62. The predicted molar refractivity (Wildman–Crippen MR) is 239 cm³/mol. The van der Waals surface area contributed by atoms with Crippen LogP contribution in [0.2, 0.25) is 0 Å². The van der Waals surface area contributed by atoms with Gasteiger partial charge < -0.3 is 40.3 Å². The second-order valence-electron chi connectivity index (χ2n) is 15.1. The van der Waals surface area contributed by atoms with Gasteiger partial charge in [-0.2, -0.15) is 0 Å². The van der Waals surface area contributed by atoms with E-state index in [9.17, 15) is 30.3 Å². The number of allylic oxidation sites excluding steroid dienone is 16. The Bertz CT molecular complexity index is 1220. The first-order valence-corrected chi connectivity index (χ1v) is 22.4. The highest BCUT2D eigenvalue weighted by atomic mass is 16.7. The van der Waals surface area contributed by atoms with E-state index >= 15 is 0 Å². The third kappa shape index (κ3) is 28.5. The molecule has 9 heteroatoms. The van der Waals surface area contributed by atoms with Crippen LogP contribution in [-0.4, -0.2) is 87.5 Å². The highest BCUT2D eigenvalue weighted by Crippen LogP contribution is 2.23. The Morgan fingerprint density at radius 2 is 1.07 bits per heavy atom. The number of nitrogens with one attached hydrogen (secondary N) is 1. The van der Waals surface area contributed by atoms with Crippen LogP contribution in [0.4, 0.5) is 0 Å². The molecule has 1 amide bonds. The van der Waals surface area contributed by atoms with Gasteiger partial charge in [-0.3, -0.25) is 4.79 Å². The van der Waals surface area contributed by atoms with Gasteiger partial charge in [0.05, 0.1) is 25.4 Å². The maximum atomic E-state index is 12.9. The van der Waals surface area contributed by atoms with Gasteiger partial charge in [-0.25, -0.2) is 0 Å². The summed E-state index contributed by atoms with van der Waals surface area (Å²) >= 11 is 0. The third-order valence-electron chi connectivity index (χ3n) is 9.95. The second kappa shape index (κ2) is 38.3. The normalized spacial score (nSPS) is 21.8. The Hall–Kier alpha value is -2.89. The molecular weight excluding hydrogens is 731 g/mol. The highest BCUT2D eigenvalue weighted by Gasteiger charge is 2.44.